The van der Waals surface area contributed by atoms with Crippen LogP contribution in [0.5, 0.6) is 17.2 Å². The molecular formula is C22H18ClNO6. The third-order valence-corrected chi connectivity index (χ3v) is 4.42. The summed E-state index contributed by atoms with van der Waals surface area (Å²) < 4.78 is 16.2. The fourth-order valence-electron chi connectivity index (χ4n) is 2.57. The van der Waals surface area contributed by atoms with E-state index in [-0.39, 0.29) is 29.7 Å². The van der Waals surface area contributed by atoms with Gasteiger partial charge in [0, 0.05) is 6.07 Å². The van der Waals surface area contributed by atoms with Gasteiger partial charge >= 0.3 is 11.7 Å². The quantitative estimate of drug-likeness (QED) is 0.269. The smallest absolute Gasteiger partial charge is 0.344 e. The molecule has 0 spiro atoms. The van der Waals surface area contributed by atoms with E-state index in [1.165, 1.54) is 18.2 Å². The van der Waals surface area contributed by atoms with E-state index in [0.717, 1.165) is 11.1 Å². The molecule has 154 valence electrons. The van der Waals surface area contributed by atoms with Crippen LogP contribution in [0.2, 0.25) is 5.02 Å². The average molecular weight is 428 g/mol. The highest BCUT2D eigenvalue weighted by atomic mass is 35.5. The lowest BCUT2D eigenvalue weighted by Crippen LogP contribution is -2.15. The van der Waals surface area contributed by atoms with Crippen LogP contribution in [-0.2, 0) is 16.1 Å². The van der Waals surface area contributed by atoms with Gasteiger partial charge in [-0.05, 0) is 42.3 Å². The summed E-state index contributed by atoms with van der Waals surface area (Å²) in [6, 6.07) is 18.3. The van der Waals surface area contributed by atoms with Crippen molar-refractivity contribution in [1.82, 2.24) is 0 Å². The van der Waals surface area contributed by atoms with Gasteiger partial charge in [-0.1, -0.05) is 48.0 Å². The molecule has 7 nitrogen and oxygen atoms in total. The summed E-state index contributed by atoms with van der Waals surface area (Å²) in [5, 5.41) is 11.3. The Morgan fingerprint density at radius 1 is 1.03 bits per heavy atom. The molecule has 0 bridgehead atoms. The number of nitrogens with zero attached hydrogens (tertiary/aromatic N) is 1. The largest absolute Gasteiger partial charge is 0.482 e. The summed E-state index contributed by atoms with van der Waals surface area (Å²) in [7, 11) is 0. The van der Waals surface area contributed by atoms with Gasteiger partial charge in [-0.3, -0.25) is 10.1 Å². The van der Waals surface area contributed by atoms with Crippen LogP contribution in [0, 0.1) is 17.0 Å². The number of para-hydroxylation sites is 2. The molecule has 0 atom stereocenters. The van der Waals surface area contributed by atoms with Gasteiger partial charge < -0.3 is 14.2 Å². The minimum absolute atomic E-state index is 0.0308. The fraction of sp³-hybridized carbons (Fsp3) is 0.136. The number of halogens is 1. The van der Waals surface area contributed by atoms with Gasteiger partial charge in [0.2, 0.25) is 5.75 Å². The predicted molar refractivity (Wildman–Crippen MR) is 111 cm³/mol. The van der Waals surface area contributed by atoms with E-state index in [1.54, 1.807) is 30.3 Å². The molecule has 0 amide bonds. The highest BCUT2D eigenvalue weighted by Gasteiger charge is 2.19. The van der Waals surface area contributed by atoms with Crippen LogP contribution in [-0.4, -0.2) is 17.5 Å². The molecule has 3 rings (SSSR count). The molecule has 0 aliphatic rings. The second-order valence-electron chi connectivity index (χ2n) is 6.31. The second kappa shape index (κ2) is 9.76. The molecule has 0 saturated heterocycles. The van der Waals surface area contributed by atoms with Crippen LogP contribution in [0.25, 0.3) is 0 Å². The number of hydrogen-bond donors (Lipinski definition) is 0. The van der Waals surface area contributed by atoms with Gasteiger partial charge in [0.05, 0.1) is 9.95 Å². The minimum atomic E-state index is -0.561. The Bertz CT molecular complexity index is 1050. The number of hydrogen-bond acceptors (Lipinski definition) is 6. The molecule has 8 heteroatoms. The van der Waals surface area contributed by atoms with E-state index in [4.69, 9.17) is 25.8 Å². The van der Waals surface area contributed by atoms with E-state index < -0.39 is 10.9 Å². The van der Waals surface area contributed by atoms with E-state index >= 15 is 0 Å². The van der Waals surface area contributed by atoms with Crippen molar-refractivity contribution in [2.75, 3.05) is 6.61 Å². The molecule has 0 aliphatic carbocycles. The summed E-state index contributed by atoms with van der Waals surface area (Å²) >= 11 is 6.02. The van der Waals surface area contributed by atoms with Crippen LogP contribution in [0.15, 0.2) is 66.7 Å². The molecule has 0 N–H and O–H groups in total. The number of ether oxygens (including phenoxy) is 3. The van der Waals surface area contributed by atoms with Crippen molar-refractivity contribution in [3.63, 3.8) is 0 Å². The third kappa shape index (κ3) is 5.48. The van der Waals surface area contributed by atoms with Crippen molar-refractivity contribution in [3.05, 3.63) is 93.0 Å². The van der Waals surface area contributed by atoms with Gasteiger partial charge in [-0.2, -0.15) is 0 Å². The first kappa shape index (κ1) is 21.1. The molecule has 0 unspecified atom stereocenters. The first-order valence-corrected chi connectivity index (χ1v) is 9.35. The Morgan fingerprint density at radius 3 is 2.47 bits per heavy atom. The lowest BCUT2D eigenvalue weighted by atomic mass is 10.2. The number of nitro groups is 1. The maximum Gasteiger partial charge on any atom is 0.344 e. The topological polar surface area (TPSA) is 87.9 Å². The second-order valence-corrected chi connectivity index (χ2v) is 6.71. The van der Waals surface area contributed by atoms with Crippen molar-refractivity contribution in [3.8, 4) is 17.2 Å². The molecular weight excluding hydrogens is 410 g/mol. The van der Waals surface area contributed by atoms with Crippen LogP contribution in [0.1, 0.15) is 11.1 Å². The van der Waals surface area contributed by atoms with Crippen molar-refractivity contribution >= 4 is 23.3 Å². The summed E-state index contributed by atoms with van der Waals surface area (Å²) in [4.78, 5) is 22.5. The van der Waals surface area contributed by atoms with E-state index in [9.17, 15) is 14.9 Å². The molecule has 0 saturated carbocycles. The van der Waals surface area contributed by atoms with E-state index in [1.807, 2.05) is 25.1 Å². The number of nitro benzene ring substituents is 1. The molecule has 0 radical (unpaired) electrons. The summed E-state index contributed by atoms with van der Waals surface area (Å²) in [6.45, 7) is 1.76. The van der Waals surface area contributed by atoms with Crippen LogP contribution in [0.3, 0.4) is 0 Å². The number of esters is 1. The molecule has 3 aromatic rings. The Balaban J connectivity index is 1.55. The van der Waals surface area contributed by atoms with Crippen molar-refractivity contribution in [2.24, 2.45) is 0 Å². The Kier molecular flexibility index (Phi) is 6.87. The maximum atomic E-state index is 11.9. The van der Waals surface area contributed by atoms with Crippen LogP contribution in [0.4, 0.5) is 5.69 Å². The van der Waals surface area contributed by atoms with E-state index in [2.05, 4.69) is 0 Å². The first-order chi connectivity index (χ1) is 14.4. The summed E-state index contributed by atoms with van der Waals surface area (Å²) in [6.07, 6.45) is 0. The van der Waals surface area contributed by atoms with Crippen molar-refractivity contribution < 1.29 is 23.9 Å². The third-order valence-electron chi connectivity index (χ3n) is 4.13. The van der Waals surface area contributed by atoms with Crippen molar-refractivity contribution in [1.29, 1.82) is 0 Å². The number of carbonyl (C=O) groups is 1. The molecule has 0 aromatic heterocycles. The summed E-state index contributed by atoms with van der Waals surface area (Å²) in [5.74, 6) is 0.468. The zero-order valence-electron chi connectivity index (χ0n) is 16.0. The first-order valence-electron chi connectivity index (χ1n) is 8.98. The maximum absolute atomic E-state index is 11.9. The Hall–Kier alpha value is -3.58. The molecule has 3 aromatic carbocycles. The van der Waals surface area contributed by atoms with Crippen LogP contribution < -0.4 is 9.47 Å². The standard InChI is InChI=1S/C22H18ClNO6/c1-15-5-2-3-8-20(15)28-14-21(25)29-13-16-9-11-17(12-10-16)30-22-18(23)6-4-7-19(22)24(26)27/h2-12H,13-14H2,1H3. The molecule has 0 aliphatic heterocycles. The normalized spacial score (nSPS) is 10.3. The highest BCUT2D eigenvalue weighted by Crippen LogP contribution is 2.37. The average Bonchev–Trinajstić information content (AvgIpc) is 2.74. The monoisotopic (exact) mass is 427 g/mol. The van der Waals surface area contributed by atoms with Gasteiger partial charge in [0.1, 0.15) is 18.1 Å². The minimum Gasteiger partial charge on any atom is -0.482 e. The predicted octanol–water partition coefficient (Wildman–Crippen LogP) is 5.47. The molecule has 0 heterocycles. The van der Waals surface area contributed by atoms with Gasteiger partial charge in [0.25, 0.3) is 0 Å². The molecule has 30 heavy (non-hydrogen) atoms. The Morgan fingerprint density at radius 2 is 1.77 bits per heavy atom. The van der Waals surface area contributed by atoms with Gasteiger partial charge in [0.15, 0.2) is 6.61 Å². The molecule has 0 fully saturated rings. The zero-order chi connectivity index (χ0) is 21.5. The van der Waals surface area contributed by atoms with Gasteiger partial charge in [-0.15, -0.1) is 0 Å². The lowest BCUT2D eigenvalue weighted by Gasteiger charge is -2.10. The number of aryl methyl sites for hydroxylation is 1. The van der Waals surface area contributed by atoms with Crippen molar-refractivity contribution in [2.45, 2.75) is 13.5 Å². The van der Waals surface area contributed by atoms with Gasteiger partial charge in [-0.25, -0.2) is 4.79 Å². The highest BCUT2D eigenvalue weighted by molar-refractivity contribution is 6.32. The van der Waals surface area contributed by atoms with Crippen LogP contribution >= 0.6 is 11.6 Å². The fourth-order valence-corrected chi connectivity index (χ4v) is 2.78. The Labute approximate surface area is 177 Å². The SMILES string of the molecule is Cc1ccccc1OCC(=O)OCc1ccc(Oc2c(Cl)cccc2[N+](=O)[O-])cc1. The number of rotatable bonds is 8. The zero-order valence-corrected chi connectivity index (χ0v) is 16.8. The number of carbonyl (C=O) groups excluding carboxylic acids is 1. The lowest BCUT2D eigenvalue weighted by molar-refractivity contribution is -0.385. The van der Waals surface area contributed by atoms with E-state index in [0.29, 0.717) is 11.5 Å². The number of benzene rings is 3. The summed E-state index contributed by atoms with van der Waals surface area (Å²) in [5.41, 5.74) is 1.43.